The molecule has 0 aliphatic carbocycles. The third kappa shape index (κ3) is 1.83. The number of ether oxygens (including phenoxy) is 1. The fourth-order valence-corrected chi connectivity index (χ4v) is 1.61. The van der Waals surface area contributed by atoms with Gasteiger partial charge in [-0.05, 0) is 6.92 Å². The molecule has 3 N–H and O–H groups in total. The van der Waals surface area contributed by atoms with E-state index in [2.05, 4.69) is 0 Å². The van der Waals surface area contributed by atoms with Crippen LogP contribution in [0.25, 0.3) is 0 Å². The van der Waals surface area contributed by atoms with Crippen molar-refractivity contribution in [1.29, 1.82) is 0 Å². The van der Waals surface area contributed by atoms with Crippen LogP contribution in [0.15, 0.2) is 0 Å². The largest absolute Gasteiger partial charge is 0.389 e. The van der Waals surface area contributed by atoms with Gasteiger partial charge in [0.25, 0.3) is 0 Å². The van der Waals surface area contributed by atoms with Gasteiger partial charge in [-0.3, -0.25) is 0 Å². The van der Waals surface area contributed by atoms with E-state index >= 15 is 0 Å². The van der Waals surface area contributed by atoms with Crippen molar-refractivity contribution in [3.63, 3.8) is 0 Å². The first-order chi connectivity index (χ1) is 5.04. The number of rotatable bonds is 0. The van der Waals surface area contributed by atoms with E-state index in [-0.39, 0.29) is 0 Å². The first-order valence-electron chi connectivity index (χ1n) is 3.37. The van der Waals surface area contributed by atoms with Gasteiger partial charge in [-0.25, -0.2) is 0 Å². The molecule has 1 unspecified atom stereocenters. The molecular weight excluding hydrogens is 263 g/mol. The number of hydrogen-bond acceptors (Lipinski definition) is 4. The van der Waals surface area contributed by atoms with Crippen LogP contribution in [0.4, 0.5) is 0 Å². The van der Waals surface area contributed by atoms with Crippen molar-refractivity contribution in [3.05, 3.63) is 0 Å². The van der Waals surface area contributed by atoms with Crippen LogP contribution < -0.4 is 0 Å². The van der Waals surface area contributed by atoms with E-state index in [0.717, 1.165) is 0 Å². The molecule has 0 aromatic heterocycles. The van der Waals surface area contributed by atoms with Gasteiger partial charge < -0.3 is 20.1 Å². The van der Waals surface area contributed by atoms with Crippen molar-refractivity contribution in [1.82, 2.24) is 0 Å². The average molecular weight is 274 g/mol. The third-order valence-electron chi connectivity index (χ3n) is 1.78. The van der Waals surface area contributed by atoms with Crippen molar-refractivity contribution in [2.45, 2.75) is 35.5 Å². The Labute approximate surface area is 78.3 Å². The minimum Gasteiger partial charge on any atom is -0.389 e. The summed E-state index contributed by atoms with van der Waals surface area (Å²) in [5.41, 5.74) is 0. The summed E-state index contributed by atoms with van der Waals surface area (Å²) in [6.45, 7) is 1.61. The van der Waals surface area contributed by atoms with Crippen molar-refractivity contribution >= 4 is 22.6 Å². The molecule has 0 aromatic carbocycles. The molecule has 0 bridgehead atoms. The Morgan fingerprint density at radius 1 is 1.18 bits per heavy atom. The van der Waals surface area contributed by atoms with Gasteiger partial charge in [0.2, 0.25) is 0 Å². The lowest BCUT2D eigenvalue weighted by atomic mass is 10.0. The molecule has 1 fully saturated rings. The molecule has 5 atom stereocenters. The van der Waals surface area contributed by atoms with E-state index in [0.29, 0.717) is 0 Å². The van der Waals surface area contributed by atoms with Gasteiger partial charge in [0.05, 0.1) is 16.1 Å². The fraction of sp³-hybridized carbons (Fsp3) is 1.00. The summed E-state index contributed by atoms with van der Waals surface area (Å²) in [4.78, 5) is 0. The molecule has 11 heavy (non-hydrogen) atoms. The molecule has 0 amide bonds. The highest BCUT2D eigenvalue weighted by molar-refractivity contribution is 14.1. The van der Waals surface area contributed by atoms with Crippen molar-refractivity contribution in [3.8, 4) is 0 Å². The first-order valence-corrected chi connectivity index (χ1v) is 4.62. The van der Waals surface area contributed by atoms with Gasteiger partial charge in [0.1, 0.15) is 6.10 Å². The lowest BCUT2D eigenvalue weighted by molar-refractivity contribution is -0.218. The summed E-state index contributed by atoms with van der Waals surface area (Å²) >= 11 is 1.85. The zero-order valence-corrected chi connectivity index (χ0v) is 8.17. The molecule has 0 aromatic rings. The quantitative estimate of drug-likeness (QED) is 0.401. The predicted octanol–water partition coefficient (Wildman–Crippen LogP) is -0.751. The molecule has 1 rings (SSSR count). The number of hydrogen-bond donors (Lipinski definition) is 3. The van der Waals surface area contributed by atoms with Crippen LogP contribution in [-0.4, -0.2) is 43.8 Å². The van der Waals surface area contributed by atoms with Crippen molar-refractivity contribution in [2.24, 2.45) is 0 Å². The second-order valence-electron chi connectivity index (χ2n) is 2.66. The number of alkyl halides is 1. The molecule has 0 spiro atoms. The van der Waals surface area contributed by atoms with Gasteiger partial charge in [-0.15, -0.1) is 0 Å². The summed E-state index contributed by atoms with van der Waals surface area (Å²) in [5, 5.41) is 27.7. The smallest absolute Gasteiger partial charge is 0.169 e. The second-order valence-corrected chi connectivity index (χ2v) is 4.10. The van der Waals surface area contributed by atoms with Crippen LogP contribution in [-0.2, 0) is 4.74 Å². The Hall–Kier alpha value is 0.570. The van der Waals surface area contributed by atoms with E-state index < -0.39 is 28.5 Å². The van der Waals surface area contributed by atoms with Crippen LogP contribution in [0.2, 0.25) is 0 Å². The Balaban J connectivity index is 2.63. The van der Waals surface area contributed by atoms with Crippen molar-refractivity contribution in [2.75, 3.05) is 0 Å². The highest BCUT2D eigenvalue weighted by Crippen LogP contribution is 2.24. The molecule has 4 nitrogen and oxygen atoms in total. The molecule has 5 heteroatoms. The maximum Gasteiger partial charge on any atom is 0.169 e. The Bertz CT molecular complexity index is 129. The van der Waals surface area contributed by atoms with E-state index in [1.54, 1.807) is 6.92 Å². The van der Waals surface area contributed by atoms with Crippen LogP contribution >= 0.6 is 22.6 Å². The predicted molar refractivity (Wildman–Crippen MR) is 46.4 cm³/mol. The molecule has 1 aliphatic heterocycles. The van der Waals surface area contributed by atoms with Gasteiger partial charge in [0, 0.05) is 0 Å². The monoisotopic (exact) mass is 274 g/mol. The maximum atomic E-state index is 9.29. The van der Waals surface area contributed by atoms with E-state index in [1.165, 1.54) is 0 Å². The normalized spacial score (nSPS) is 52.6. The van der Waals surface area contributed by atoms with Crippen LogP contribution in [0, 0.1) is 0 Å². The number of aliphatic hydroxyl groups is 3. The first kappa shape index (κ1) is 9.66. The lowest BCUT2D eigenvalue weighted by Gasteiger charge is -2.36. The summed E-state index contributed by atoms with van der Waals surface area (Å²) < 4.78 is 4.46. The lowest BCUT2D eigenvalue weighted by Crippen LogP contribution is -2.54. The van der Waals surface area contributed by atoms with Crippen LogP contribution in [0.1, 0.15) is 6.92 Å². The summed E-state index contributed by atoms with van der Waals surface area (Å²) in [5.74, 6) is 0. The topological polar surface area (TPSA) is 69.9 Å². The van der Waals surface area contributed by atoms with E-state index in [4.69, 9.17) is 9.84 Å². The SMILES string of the molecule is C[C@H]1O[C@H](O)[C@H](I)C(O)[C@@H]1O. The molecule has 66 valence electrons. The standard InChI is InChI=1S/C6H11IO4/c1-2-4(8)5(9)3(7)6(10)11-2/h2-6,8-10H,1H3/t2-,3-,4-,5?,6+/m1/s1. The van der Waals surface area contributed by atoms with Crippen molar-refractivity contribution < 1.29 is 20.1 Å². The molecule has 0 saturated carbocycles. The van der Waals surface area contributed by atoms with Gasteiger partial charge in [0.15, 0.2) is 6.29 Å². The molecule has 1 aliphatic rings. The zero-order chi connectivity index (χ0) is 8.59. The van der Waals surface area contributed by atoms with Gasteiger partial charge >= 0.3 is 0 Å². The van der Waals surface area contributed by atoms with Crippen LogP contribution in [0.3, 0.4) is 0 Å². The second kappa shape index (κ2) is 3.53. The highest BCUT2D eigenvalue weighted by atomic mass is 127. The molecule has 1 saturated heterocycles. The van der Waals surface area contributed by atoms with Crippen LogP contribution in [0.5, 0.6) is 0 Å². The summed E-state index contributed by atoms with van der Waals surface area (Å²) in [7, 11) is 0. The van der Waals surface area contributed by atoms with Gasteiger partial charge in [-0.2, -0.15) is 0 Å². The molecule has 0 radical (unpaired) electrons. The molecular formula is C6H11IO4. The molecule has 1 heterocycles. The Morgan fingerprint density at radius 2 is 1.73 bits per heavy atom. The van der Waals surface area contributed by atoms with E-state index in [9.17, 15) is 10.2 Å². The number of halogens is 1. The minimum absolute atomic E-state index is 0.459. The fourth-order valence-electron chi connectivity index (χ4n) is 1.01. The summed E-state index contributed by atoms with van der Waals surface area (Å²) in [6.07, 6.45) is -3.30. The highest BCUT2D eigenvalue weighted by Gasteiger charge is 2.40. The minimum atomic E-state index is -0.982. The van der Waals surface area contributed by atoms with E-state index in [1.807, 2.05) is 22.6 Å². The number of aliphatic hydroxyl groups excluding tert-OH is 3. The maximum absolute atomic E-state index is 9.29. The third-order valence-corrected chi connectivity index (χ3v) is 3.14. The van der Waals surface area contributed by atoms with Gasteiger partial charge in [-0.1, -0.05) is 22.6 Å². The average Bonchev–Trinajstić information content (AvgIpc) is 1.97. The summed E-state index contributed by atoms with van der Waals surface area (Å²) in [6, 6.07) is 0. The zero-order valence-electron chi connectivity index (χ0n) is 6.01. The Kier molecular flexibility index (Phi) is 3.10. The Morgan fingerprint density at radius 3 is 2.27 bits per heavy atom.